The Balaban J connectivity index is 2.18. The molecule has 0 aromatic heterocycles. The molecule has 15 heavy (non-hydrogen) atoms. The predicted molar refractivity (Wildman–Crippen MR) is 53.2 cm³/mol. The first-order valence-electron chi connectivity index (χ1n) is 4.83. The molecule has 0 spiro atoms. The summed E-state index contributed by atoms with van der Waals surface area (Å²) in [5.74, 6) is -3.38. The lowest BCUT2D eigenvalue weighted by molar-refractivity contribution is 0.0947. The van der Waals surface area contributed by atoms with Gasteiger partial charge in [0.25, 0.3) is 5.92 Å². The van der Waals surface area contributed by atoms with Crippen molar-refractivity contribution in [2.24, 2.45) is 11.7 Å². The Hall–Kier alpha value is -1.16. The molecule has 0 heterocycles. The number of hydrogen-bond acceptors (Lipinski definition) is 2. The summed E-state index contributed by atoms with van der Waals surface area (Å²) in [6.07, 6.45) is 0. The Morgan fingerprint density at radius 2 is 1.93 bits per heavy atom. The minimum Gasteiger partial charge on any atom is -0.497 e. The van der Waals surface area contributed by atoms with Gasteiger partial charge in [-0.3, -0.25) is 0 Å². The van der Waals surface area contributed by atoms with E-state index in [9.17, 15) is 8.78 Å². The molecule has 0 radical (unpaired) electrons. The molecule has 0 amide bonds. The molecule has 2 atom stereocenters. The van der Waals surface area contributed by atoms with Gasteiger partial charge in [0, 0.05) is 12.5 Å². The van der Waals surface area contributed by atoms with Crippen molar-refractivity contribution in [3.63, 3.8) is 0 Å². The summed E-state index contributed by atoms with van der Waals surface area (Å²) in [5.41, 5.74) is 5.92. The smallest absolute Gasteiger partial charge is 0.260 e. The summed E-state index contributed by atoms with van der Waals surface area (Å²) < 4.78 is 31.4. The number of halogens is 2. The number of hydrogen-bond donors (Lipinski definition) is 1. The van der Waals surface area contributed by atoms with Gasteiger partial charge in [-0.05, 0) is 17.7 Å². The summed E-state index contributed by atoms with van der Waals surface area (Å²) in [7, 11) is 1.55. The van der Waals surface area contributed by atoms with Crippen molar-refractivity contribution >= 4 is 0 Å². The highest BCUT2D eigenvalue weighted by molar-refractivity contribution is 5.36. The van der Waals surface area contributed by atoms with Crippen LogP contribution in [0.25, 0.3) is 0 Å². The van der Waals surface area contributed by atoms with Crippen molar-refractivity contribution in [2.75, 3.05) is 13.7 Å². The van der Waals surface area contributed by atoms with Crippen molar-refractivity contribution in [2.45, 2.75) is 11.8 Å². The van der Waals surface area contributed by atoms with Crippen LogP contribution in [0.4, 0.5) is 8.78 Å². The molecule has 1 fully saturated rings. The van der Waals surface area contributed by atoms with Gasteiger partial charge >= 0.3 is 0 Å². The molecule has 1 aliphatic carbocycles. The van der Waals surface area contributed by atoms with E-state index >= 15 is 0 Å². The van der Waals surface area contributed by atoms with E-state index in [1.807, 2.05) is 0 Å². The molecule has 2 N–H and O–H groups in total. The fourth-order valence-electron chi connectivity index (χ4n) is 1.95. The molecule has 0 aliphatic heterocycles. The molecule has 0 bridgehead atoms. The summed E-state index contributed by atoms with van der Waals surface area (Å²) in [5, 5.41) is 0. The normalized spacial score (nSPS) is 27.5. The molecule has 1 aromatic rings. The molecule has 2 rings (SSSR count). The lowest BCUT2D eigenvalue weighted by Crippen LogP contribution is -2.06. The molecule has 4 heteroatoms. The van der Waals surface area contributed by atoms with Gasteiger partial charge in [0.2, 0.25) is 0 Å². The topological polar surface area (TPSA) is 35.2 Å². The molecule has 0 saturated heterocycles. The van der Waals surface area contributed by atoms with Crippen molar-refractivity contribution in [1.29, 1.82) is 0 Å². The van der Waals surface area contributed by atoms with Crippen LogP contribution in [0.2, 0.25) is 0 Å². The van der Waals surface area contributed by atoms with Crippen LogP contribution in [-0.4, -0.2) is 19.6 Å². The Morgan fingerprint density at radius 1 is 1.33 bits per heavy atom. The van der Waals surface area contributed by atoms with E-state index in [2.05, 4.69) is 0 Å². The average Bonchev–Trinajstić information content (AvgIpc) is 2.80. The highest BCUT2D eigenvalue weighted by Gasteiger charge is 2.67. The molecular weight excluding hydrogens is 200 g/mol. The van der Waals surface area contributed by atoms with E-state index in [0.717, 1.165) is 0 Å². The largest absolute Gasteiger partial charge is 0.497 e. The summed E-state index contributed by atoms with van der Waals surface area (Å²) in [6.45, 7) is 0.0314. The van der Waals surface area contributed by atoms with Gasteiger partial charge in [-0.25, -0.2) is 8.78 Å². The highest BCUT2D eigenvalue weighted by Crippen LogP contribution is 2.60. The number of benzene rings is 1. The third kappa shape index (κ3) is 1.59. The Labute approximate surface area is 87.0 Å². The summed E-state index contributed by atoms with van der Waals surface area (Å²) in [4.78, 5) is 0. The maximum Gasteiger partial charge on any atom is 0.260 e. The van der Waals surface area contributed by atoms with Gasteiger partial charge in [-0.1, -0.05) is 12.1 Å². The maximum atomic E-state index is 13.2. The van der Waals surface area contributed by atoms with Gasteiger partial charge in [0.1, 0.15) is 5.75 Å². The second-order valence-electron chi connectivity index (χ2n) is 3.77. The van der Waals surface area contributed by atoms with Crippen molar-refractivity contribution in [3.05, 3.63) is 29.8 Å². The van der Waals surface area contributed by atoms with Crippen molar-refractivity contribution in [1.82, 2.24) is 0 Å². The maximum absolute atomic E-state index is 13.2. The first-order valence-corrected chi connectivity index (χ1v) is 4.83. The SMILES string of the molecule is COc1ccc([C@H]2[C@H](CN)C2(F)F)cc1. The minimum atomic E-state index is -2.64. The average molecular weight is 213 g/mol. The summed E-state index contributed by atoms with van der Waals surface area (Å²) >= 11 is 0. The fraction of sp³-hybridized carbons (Fsp3) is 0.455. The zero-order valence-electron chi connectivity index (χ0n) is 8.41. The van der Waals surface area contributed by atoms with Gasteiger partial charge < -0.3 is 10.5 Å². The van der Waals surface area contributed by atoms with Crippen LogP contribution in [0.5, 0.6) is 5.75 Å². The molecular formula is C11H13F2NO. The Kier molecular flexibility index (Phi) is 2.38. The standard InChI is InChI=1S/C11H13F2NO/c1-15-8-4-2-7(3-5-8)10-9(6-14)11(10,12)13/h2-5,9-10H,6,14H2,1H3/t9-,10-/m0/s1. The van der Waals surface area contributed by atoms with Gasteiger partial charge in [-0.2, -0.15) is 0 Å². The molecule has 1 aromatic carbocycles. The lowest BCUT2D eigenvalue weighted by atomic mass is 10.1. The third-order valence-corrected chi connectivity index (χ3v) is 2.93. The number of rotatable bonds is 3. The molecule has 1 aliphatic rings. The Morgan fingerprint density at radius 3 is 2.33 bits per heavy atom. The monoisotopic (exact) mass is 213 g/mol. The summed E-state index contributed by atoms with van der Waals surface area (Å²) in [6, 6.07) is 6.73. The van der Waals surface area contributed by atoms with Crippen LogP contribution in [0.15, 0.2) is 24.3 Å². The van der Waals surface area contributed by atoms with E-state index in [1.165, 1.54) is 0 Å². The minimum absolute atomic E-state index is 0.0314. The van der Waals surface area contributed by atoms with Crippen LogP contribution in [-0.2, 0) is 0 Å². The predicted octanol–water partition coefficient (Wildman–Crippen LogP) is 2.00. The zero-order valence-corrected chi connectivity index (χ0v) is 8.41. The molecule has 2 nitrogen and oxygen atoms in total. The van der Waals surface area contributed by atoms with Crippen LogP contribution >= 0.6 is 0 Å². The van der Waals surface area contributed by atoms with Crippen molar-refractivity contribution in [3.8, 4) is 5.75 Å². The van der Waals surface area contributed by atoms with Gasteiger partial charge in [0.15, 0.2) is 0 Å². The molecule has 0 unspecified atom stereocenters. The number of ether oxygens (including phenoxy) is 1. The molecule has 1 saturated carbocycles. The molecule has 82 valence electrons. The van der Waals surface area contributed by atoms with E-state index in [4.69, 9.17) is 10.5 Å². The Bertz CT molecular complexity index is 350. The first kappa shape index (κ1) is 10.4. The number of nitrogens with two attached hydrogens (primary N) is 1. The van der Waals surface area contributed by atoms with Crippen LogP contribution in [0.1, 0.15) is 11.5 Å². The van der Waals surface area contributed by atoms with E-state index in [0.29, 0.717) is 11.3 Å². The van der Waals surface area contributed by atoms with Crippen molar-refractivity contribution < 1.29 is 13.5 Å². The quantitative estimate of drug-likeness (QED) is 0.833. The zero-order chi connectivity index (χ0) is 11.1. The van der Waals surface area contributed by atoms with Crippen LogP contribution in [0.3, 0.4) is 0 Å². The van der Waals surface area contributed by atoms with Gasteiger partial charge in [0.05, 0.1) is 13.0 Å². The highest BCUT2D eigenvalue weighted by atomic mass is 19.3. The van der Waals surface area contributed by atoms with E-state index in [-0.39, 0.29) is 6.54 Å². The van der Waals surface area contributed by atoms with E-state index < -0.39 is 17.8 Å². The van der Waals surface area contributed by atoms with E-state index in [1.54, 1.807) is 31.4 Å². The van der Waals surface area contributed by atoms with Gasteiger partial charge in [-0.15, -0.1) is 0 Å². The second kappa shape index (κ2) is 3.45. The fourth-order valence-corrected chi connectivity index (χ4v) is 1.95. The number of alkyl halides is 2. The van der Waals surface area contributed by atoms with Crippen LogP contribution in [0, 0.1) is 5.92 Å². The third-order valence-electron chi connectivity index (χ3n) is 2.93. The first-order chi connectivity index (χ1) is 7.11. The lowest BCUT2D eigenvalue weighted by Gasteiger charge is -2.01. The number of methoxy groups -OCH3 is 1. The second-order valence-corrected chi connectivity index (χ2v) is 3.77. The van der Waals surface area contributed by atoms with Crippen LogP contribution < -0.4 is 10.5 Å².